The topological polar surface area (TPSA) is 134 Å². The molecule has 0 fully saturated rings. The van der Waals surface area contributed by atoms with E-state index in [4.69, 9.17) is 24.3 Å². The fourth-order valence-corrected chi connectivity index (χ4v) is 6.22. The Labute approximate surface area is 294 Å². The summed E-state index contributed by atoms with van der Waals surface area (Å²) in [6, 6.07) is 0. The molecule has 284 valence electrons. The first-order valence-electron chi connectivity index (χ1n) is 19.7. The van der Waals surface area contributed by atoms with Crippen LogP contribution in [0.2, 0.25) is 0 Å². The normalized spacial score (nSPS) is 13.5. The third-order valence-corrected chi connectivity index (χ3v) is 9.39. The van der Waals surface area contributed by atoms with Crippen molar-refractivity contribution in [2.45, 2.75) is 193 Å². The van der Waals surface area contributed by atoms with Crippen LogP contribution in [0.4, 0.5) is 0 Å². The molecule has 0 spiro atoms. The number of allylic oxidation sites excluding steroid dienone is 2. The van der Waals surface area contributed by atoms with Crippen LogP contribution >= 0.6 is 7.82 Å². The molecule has 0 bridgehead atoms. The van der Waals surface area contributed by atoms with Gasteiger partial charge in [-0.3, -0.25) is 18.6 Å². The van der Waals surface area contributed by atoms with Crippen LogP contribution in [-0.2, 0) is 32.7 Å². The number of hydrogen-bond acceptors (Lipinski definition) is 8. The van der Waals surface area contributed by atoms with E-state index in [1.165, 1.54) is 109 Å². The lowest BCUT2D eigenvalue weighted by Gasteiger charge is -2.19. The minimum Gasteiger partial charge on any atom is -0.462 e. The number of carbonyl (C=O) groups excluding carboxylic acids is 2. The Hall–Kier alpha value is -1.25. The van der Waals surface area contributed by atoms with Crippen molar-refractivity contribution in [1.82, 2.24) is 0 Å². The molecule has 0 saturated carbocycles. The Morgan fingerprint density at radius 2 is 1.02 bits per heavy atom. The highest BCUT2D eigenvalue weighted by Crippen LogP contribution is 2.43. The van der Waals surface area contributed by atoms with Crippen LogP contribution in [0.15, 0.2) is 12.2 Å². The number of unbranched alkanes of at least 4 members (excludes halogenated alkanes) is 22. The van der Waals surface area contributed by atoms with E-state index in [9.17, 15) is 19.0 Å². The summed E-state index contributed by atoms with van der Waals surface area (Å²) in [5, 5.41) is 0. The number of ether oxygens (including phenoxy) is 2. The first-order chi connectivity index (χ1) is 23.3. The zero-order valence-electron chi connectivity index (χ0n) is 31.0. The van der Waals surface area contributed by atoms with Gasteiger partial charge in [-0.25, -0.2) is 4.57 Å². The molecule has 0 amide bonds. The molecule has 10 heteroatoms. The monoisotopic (exact) mass is 704 g/mol. The number of phosphoric ester groups is 1. The predicted molar refractivity (Wildman–Crippen MR) is 197 cm³/mol. The minimum atomic E-state index is -4.35. The molecule has 3 N–H and O–H groups in total. The van der Waals surface area contributed by atoms with E-state index in [0.29, 0.717) is 6.42 Å². The van der Waals surface area contributed by atoms with Gasteiger partial charge in [0.05, 0.1) is 13.2 Å². The number of esters is 2. The molecule has 0 aliphatic carbocycles. The van der Waals surface area contributed by atoms with Crippen molar-refractivity contribution in [3.05, 3.63) is 12.2 Å². The molecule has 0 aromatic heterocycles. The summed E-state index contributed by atoms with van der Waals surface area (Å²) in [6.07, 6.45) is 34.6. The summed E-state index contributed by atoms with van der Waals surface area (Å²) in [5.74, 6) is -0.844. The summed E-state index contributed by atoms with van der Waals surface area (Å²) in [5.41, 5.74) is 5.31. The van der Waals surface area contributed by atoms with Gasteiger partial charge >= 0.3 is 19.8 Å². The molecule has 0 aromatic rings. The van der Waals surface area contributed by atoms with Crippen molar-refractivity contribution in [3.63, 3.8) is 0 Å². The van der Waals surface area contributed by atoms with Gasteiger partial charge in [0.1, 0.15) is 6.61 Å². The molecule has 0 aliphatic rings. The van der Waals surface area contributed by atoms with E-state index in [2.05, 4.69) is 26.0 Å². The smallest absolute Gasteiger partial charge is 0.462 e. The second-order valence-electron chi connectivity index (χ2n) is 13.2. The van der Waals surface area contributed by atoms with Gasteiger partial charge < -0.3 is 20.1 Å². The van der Waals surface area contributed by atoms with Crippen molar-refractivity contribution >= 4 is 19.8 Å². The molecule has 2 atom stereocenters. The third-order valence-electron chi connectivity index (χ3n) is 8.40. The molecule has 0 aromatic carbocycles. The number of hydrogen-bond donors (Lipinski definition) is 2. The minimum absolute atomic E-state index is 0.0553. The first kappa shape index (κ1) is 46.8. The Kier molecular flexibility index (Phi) is 34.6. The van der Waals surface area contributed by atoms with E-state index in [-0.39, 0.29) is 32.6 Å². The number of nitrogens with two attached hydrogens (primary N) is 1. The van der Waals surface area contributed by atoms with Gasteiger partial charge in [-0.1, -0.05) is 148 Å². The third kappa shape index (κ3) is 34.6. The Balaban J connectivity index is 3.89. The molecular weight excluding hydrogens is 629 g/mol. The molecule has 0 aliphatic heterocycles. The van der Waals surface area contributed by atoms with Gasteiger partial charge in [0.15, 0.2) is 6.10 Å². The Morgan fingerprint density at radius 1 is 0.604 bits per heavy atom. The van der Waals surface area contributed by atoms with Crippen molar-refractivity contribution in [2.24, 2.45) is 5.73 Å². The summed E-state index contributed by atoms with van der Waals surface area (Å²) >= 11 is 0. The Morgan fingerprint density at radius 3 is 1.50 bits per heavy atom. The van der Waals surface area contributed by atoms with Gasteiger partial charge in [0.25, 0.3) is 0 Å². The zero-order chi connectivity index (χ0) is 35.4. The van der Waals surface area contributed by atoms with Gasteiger partial charge in [0.2, 0.25) is 0 Å². The molecule has 0 rings (SSSR count). The van der Waals surface area contributed by atoms with Gasteiger partial charge in [-0.15, -0.1) is 0 Å². The highest BCUT2D eigenvalue weighted by molar-refractivity contribution is 7.47. The van der Waals surface area contributed by atoms with Crippen LogP contribution in [0, 0.1) is 0 Å². The van der Waals surface area contributed by atoms with Crippen molar-refractivity contribution in [1.29, 1.82) is 0 Å². The molecule has 0 heterocycles. The van der Waals surface area contributed by atoms with Crippen molar-refractivity contribution < 1.29 is 37.6 Å². The van der Waals surface area contributed by atoms with Gasteiger partial charge in [0, 0.05) is 19.4 Å². The predicted octanol–water partition coefficient (Wildman–Crippen LogP) is 10.7. The van der Waals surface area contributed by atoms with E-state index in [0.717, 1.165) is 44.9 Å². The lowest BCUT2D eigenvalue weighted by Crippen LogP contribution is -2.29. The Bertz CT molecular complexity index is 810. The number of carbonyl (C=O) groups is 2. The van der Waals surface area contributed by atoms with Crippen LogP contribution in [0.3, 0.4) is 0 Å². The molecule has 2 unspecified atom stereocenters. The lowest BCUT2D eigenvalue weighted by atomic mass is 10.0. The van der Waals surface area contributed by atoms with E-state index in [1.807, 2.05) is 0 Å². The van der Waals surface area contributed by atoms with Gasteiger partial charge in [-0.2, -0.15) is 0 Å². The van der Waals surface area contributed by atoms with E-state index in [1.54, 1.807) is 0 Å². The largest absolute Gasteiger partial charge is 0.472 e. The quantitative estimate of drug-likeness (QED) is 0.0280. The highest BCUT2D eigenvalue weighted by Gasteiger charge is 2.25. The highest BCUT2D eigenvalue weighted by atomic mass is 31.2. The SMILES string of the molecule is CCCCCCCCCC/C=C\CCCCCCCCCCCCCC(=O)OC(COC(=O)CCCCCC)COP(=O)(O)OCCN. The maximum absolute atomic E-state index is 12.5. The van der Waals surface area contributed by atoms with Crippen molar-refractivity contribution in [3.8, 4) is 0 Å². The van der Waals surface area contributed by atoms with E-state index < -0.39 is 32.5 Å². The van der Waals surface area contributed by atoms with Crippen molar-refractivity contribution in [2.75, 3.05) is 26.4 Å². The average Bonchev–Trinajstić information content (AvgIpc) is 3.07. The molecule has 9 nitrogen and oxygen atoms in total. The summed E-state index contributed by atoms with van der Waals surface area (Å²) in [7, 11) is -4.35. The van der Waals surface area contributed by atoms with Crippen LogP contribution in [0.5, 0.6) is 0 Å². The molecule has 48 heavy (non-hydrogen) atoms. The summed E-state index contributed by atoms with van der Waals surface area (Å²) in [4.78, 5) is 34.3. The lowest BCUT2D eigenvalue weighted by molar-refractivity contribution is -0.161. The molecule has 0 radical (unpaired) electrons. The standard InChI is InChI=1S/C38H74NO8P/c1-3-5-7-9-10-11-12-13-14-15-16-17-18-19-20-21-22-23-24-25-26-27-29-31-38(41)47-36(35-46-48(42,43)45-33-32-39)34-44-37(40)30-28-8-6-4-2/h15-16,36H,3-14,17-35,39H2,1-2H3,(H,42,43)/b16-15-. The van der Waals surface area contributed by atoms with Crippen LogP contribution < -0.4 is 5.73 Å². The molecule has 0 saturated heterocycles. The van der Waals surface area contributed by atoms with E-state index >= 15 is 0 Å². The average molecular weight is 704 g/mol. The summed E-state index contributed by atoms with van der Waals surface area (Å²) in [6.45, 7) is 3.60. The maximum atomic E-state index is 12.5. The van der Waals surface area contributed by atoms with Crippen LogP contribution in [0.25, 0.3) is 0 Å². The second kappa shape index (κ2) is 35.6. The maximum Gasteiger partial charge on any atom is 0.472 e. The number of phosphoric acid groups is 1. The fourth-order valence-electron chi connectivity index (χ4n) is 5.45. The summed E-state index contributed by atoms with van der Waals surface area (Å²) < 4.78 is 32.4. The van der Waals surface area contributed by atoms with Crippen LogP contribution in [0.1, 0.15) is 187 Å². The fraction of sp³-hybridized carbons (Fsp3) is 0.895. The first-order valence-corrected chi connectivity index (χ1v) is 21.2. The van der Waals surface area contributed by atoms with Gasteiger partial charge in [-0.05, 0) is 38.5 Å². The molecular formula is C38H74NO8P. The second-order valence-corrected chi connectivity index (χ2v) is 14.6. The number of rotatable bonds is 37. The zero-order valence-corrected chi connectivity index (χ0v) is 31.9. The van der Waals surface area contributed by atoms with Crippen LogP contribution in [-0.4, -0.2) is 49.3 Å².